The number of likely N-dealkylation sites (tertiary alicyclic amines) is 1. The Labute approximate surface area is 181 Å². The van der Waals surface area contributed by atoms with E-state index in [-0.39, 0.29) is 18.6 Å². The number of nitrogens with zero attached hydrogens (tertiary/aromatic N) is 4. The molecule has 2 aromatic carbocycles. The molecule has 6 rings (SSSR count). The van der Waals surface area contributed by atoms with Crippen LogP contribution in [0, 0.1) is 0 Å². The minimum atomic E-state index is 0.0140. The molecule has 2 aromatic heterocycles. The summed E-state index contributed by atoms with van der Waals surface area (Å²) in [5.41, 5.74) is 4.18. The van der Waals surface area contributed by atoms with Crippen LogP contribution >= 0.6 is 11.3 Å². The second-order valence-corrected chi connectivity index (χ2v) is 8.53. The van der Waals surface area contributed by atoms with Gasteiger partial charge in [0.25, 0.3) is 5.91 Å². The lowest BCUT2D eigenvalue weighted by molar-refractivity contribution is 0.0698. The van der Waals surface area contributed by atoms with Crippen molar-refractivity contribution < 1.29 is 18.7 Å². The Morgan fingerprint density at radius 1 is 1.10 bits per heavy atom. The molecule has 31 heavy (non-hydrogen) atoms. The molecule has 1 unspecified atom stereocenters. The zero-order valence-electron chi connectivity index (χ0n) is 16.5. The molecule has 1 amide bonds. The van der Waals surface area contributed by atoms with Crippen molar-refractivity contribution >= 4 is 27.5 Å². The molecule has 156 valence electrons. The van der Waals surface area contributed by atoms with E-state index in [4.69, 9.17) is 13.9 Å². The first-order valence-electron chi connectivity index (χ1n) is 10.1. The van der Waals surface area contributed by atoms with Crippen molar-refractivity contribution in [2.75, 3.05) is 19.9 Å². The molecule has 8 nitrogen and oxygen atoms in total. The third-order valence-corrected chi connectivity index (χ3v) is 6.49. The van der Waals surface area contributed by atoms with E-state index >= 15 is 0 Å². The number of rotatable bonds is 3. The van der Waals surface area contributed by atoms with Crippen molar-refractivity contribution in [2.24, 2.45) is 0 Å². The summed E-state index contributed by atoms with van der Waals surface area (Å²) < 4.78 is 17.8. The molecule has 0 spiro atoms. The molecule has 0 saturated carbocycles. The Hall–Kier alpha value is -3.46. The Bertz CT molecular complexity index is 1280. The van der Waals surface area contributed by atoms with Gasteiger partial charge >= 0.3 is 0 Å². The molecule has 2 aliphatic heterocycles. The molecule has 0 aliphatic carbocycles. The highest BCUT2D eigenvalue weighted by molar-refractivity contribution is 7.16. The highest BCUT2D eigenvalue weighted by atomic mass is 32.1. The summed E-state index contributed by atoms with van der Waals surface area (Å²) in [5, 5.41) is 8.50. The number of hydrogen-bond donors (Lipinski definition) is 0. The van der Waals surface area contributed by atoms with Gasteiger partial charge in [-0.2, -0.15) is 0 Å². The van der Waals surface area contributed by atoms with Crippen molar-refractivity contribution in [3.05, 3.63) is 53.4 Å². The summed E-state index contributed by atoms with van der Waals surface area (Å²) in [7, 11) is 0. The smallest absolute Gasteiger partial charge is 0.253 e. The van der Waals surface area contributed by atoms with Crippen LogP contribution in [0.2, 0.25) is 0 Å². The Kier molecular flexibility index (Phi) is 4.34. The first kappa shape index (κ1) is 18.3. The highest BCUT2D eigenvalue weighted by Crippen LogP contribution is 2.36. The maximum Gasteiger partial charge on any atom is 0.253 e. The fourth-order valence-electron chi connectivity index (χ4n) is 4.08. The van der Waals surface area contributed by atoms with E-state index < -0.39 is 0 Å². The SMILES string of the molecule is O=C(c1ccc2ncsc2c1)N1CCCC(c2nnc(-c3ccc4c(c3)OCO4)o2)C1. The first-order chi connectivity index (χ1) is 15.2. The third kappa shape index (κ3) is 3.31. The van der Waals surface area contributed by atoms with Gasteiger partial charge in [-0.25, -0.2) is 4.98 Å². The van der Waals surface area contributed by atoms with E-state index in [9.17, 15) is 4.79 Å². The summed E-state index contributed by atoms with van der Waals surface area (Å²) >= 11 is 1.54. The van der Waals surface area contributed by atoms with Gasteiger partial charge in [-0.15, -0.1) is 21.5 Å². The molecule has 4 heterocycles. The second-order valence-electron chi connectivity index (χ2n) is 7.64. The number of fused-ring (bicyclic) bond motifs is 2. The number of ether oxygens (including phenoxy) is 2. The standard InChI is InChI=1S/C22H18N4O4S/c27-22(14-3-5-16-19(9-14)31-11-23-16)26-7-1-2-15(10-26)21-25-24-20(30-21)13-4-6-17-18(8-13)29-12-28-17/h3-6,8-9,11,15H,1-2,7,10,12H2. The molecule has 0 radical (unpaired) electrons. The summed E-state index contributed by atoms with van der Waals surface area (Å²) in [4.78, 5) is 19.3. The molecule has 2 aliphatic rings. The number of piperidine rings is 1. The van der Waals surface area contributed by atoms with Crippen molar-refractivity contribution in [1.82, 2.24) is 20.1 Å². The average Bonchev–Trinajstić information content (AvgIpc) is 3.58. The predicted molar refractivity (Wildman–Crippen MR) is 113 cm³/mol. The van der Waals surface area contributed by atoms with Crippen LogP contribution in [0.1, 0.15) is 35.0 Å². The number of benzene rings is 2. The summed E-state index contributed by atoms with van der Waals surface area (Å²) in [6.07, 6.45) is 1.79. The largest absolute Gasteiger partial charge is 0.454 e. The third-order valence-electron chi connectivity index (χ3n) is 5.70. The zero-order chi connectivity index (χ0) is 20.8. The van der Waals surface area contributed by atoms with Gasteiger partial charge in [0.1, 0.15) is 0 Å². The lowest BCUT2D eigenvalue weighted by Gasteiger charge is -2.31. The maximum atomic E-state index is 13.1. The minimum Gasteiger partial charge on any atom is -0.454 e. The fourth-order valence-corrected chi connectivity index (χ4v) is 4.80. The number of amides is 1. The van der Waals surface area contributed by atoms with Crippen LogP contribution in [0.4, 0.5) is 0 Å². The summed E-state index contributed by atoms with van der Waals surface area (Å²) in [6.45, 7) is 1.50. The normalized spacial score (nSPS) is 17.9. The van der Waals surface area contributed by atoms with Gasteiger partial charge in [0, 0.05) is 24.2 Å². The number of thiazole rings is 1. The fraction of sp³-hybridized carbons (Fsp3) is 0.273. The van der Waals surface area contributed by atoms with Gasteiger partial charge in [0.15, 0.2) is 11.5 Å². The van der Waals surface area contributed by atoms with E-state index in [0.29, 0.717) is 35.4 Å². The van der Waals surface area contributed by atoms with Crippen LogP contribution in [0.25, 0.3) is 21.7 Å². The predicted octanol–water partition coefficient (Wildman–Crippen LogP) is 4.09. The summed E-state index contributed by atoms with van der Waals surface area (Å²) in [5.74, 6) is 2.41. The van der Waals surface area contributed by atoms with E-state index in [1.807, 2.05) is 41.3 Å². The van der Waals surface area contributed by atoms with Crippen molar-refractivity contribution in [3.63, 3.8) is 0 Å². The second kappa shape index (κ2) is 7.35. The van der Waals surface area contributed by atoms with Crippen LogP contribution in [-0.2, 0) is 0 Å². The minimum absolute atomic E-state index is 0.0140. The van der Waals surface area contributed by atoms with E-state index in [1.54, 1.807) is 5.51 Å². The molecule has 0 bridgehead atoms. The van der Waals surface area contributed by atoms with Gasteiger partial charge in [-0.05, 0) is 49.2 Å². The number of carbonyl (C=O) groups excluding carboxylic acids is 1. The highest BCUT2D eigenvalue weighted by Gasteiger charge is 2.29. The molecule has 1 saturated heterocycles. The van der Waals surface area contributed by atoms with Crippen LogP contribution in [0.15, 0.2) is 46.3 Å². The van der Waals surface area contributed by atoms with Crippen molar-refractivity contribution in [3.8, 4) is 23.0 Å². The number of carbonyl (C=O) groups is 1. The number of hydrogen-bond acceptors (Lipinski definition) is 8. The molecular weight excluding hydrogens is 416 g/mol. The van der Waals surface area contributed by atoms with Gasteiger partial charge in [0.2, 0.25) is 18.6 Å². The molecule has 1 fully saturated rings. The van der Waals surface area contributed by atoms with Crippen LogP contribution in [-0.4, -0.2) is 45.9 Å². The lowest BCUT2D eigenvalue weighted by atomic mass is 9.97. The Morgan fingerprint density at radius 3 is 3.00 bits per heavy atom. The van der Waals surface area contributed by atoms with Gasteiger partial charge in [-0.3, -0.25) is 4.79 Å². The molecule has 0 N–H and O–H groups in total. The Balaban J connectivity index is 1.21. The Morgan fingerprint density at radius 2 is 2.03 bits per heavy atom. The van der Waals surface area contributed by atoms with Gasteiger partial charge in [0.05, 0.1) is 21.6 Å². The number of aromatic nitrogens is 3. The maximum absolute atomic E-state index is 13.1. The molecule has 9 heteroatoms. The first-order valence-corrected chi connectivity index (χ1v) is 11.0. The van der Waals surface area contributed by atoms with Crippen LogP contribution < -0.4 is 9.47 Å². The average molecular weight is 434 g/mol. The zero-order valence-corrected chi connectivity index (χ0v) is 17.3. The van der Waals surface area contributed by atoms with E-state index in [0.717, 1.165) is 35.2 Å². The van der Waals surface area contributed by atoms with Crippen molar-refractivity contribution in [2.45, 2.75) is 18.8 Å². The van der Waals surface area contributed by atoms with Crippen molar-refractivity contribution in [1.29, 1.82) is 0 Å². The van der Waals surface area contributed by atoms with E-state index in [1.165, 1.54) is 11.3 Å². The van der Waals surface area contributed by atoms with Gasteiger partial charge < -0.3 is 18.8 Å². The molecule has 1 atom stereocenters. The summed E-state index contributed by atoms with van der Waals surface area (Å²) in [6, 6.07) is 11.2. The van der Waals surface area contributed by atoms with Crippen LogP contribution in [0.3, 0.4) is 0 Å². The van der Waals surface area contributed by atoms with E-state index in [2.05, 4.69) is 15.2 Å². The molecular formula is C22H18N4O4S. The topological polar surface area (TPSA) is 90.6 Å². The quantitative estimate of drug-likeness (QED) is 0.480. The van der Waals surface area contributed by atoms with Gasteiger partial charge in [-0.1, -0.05) is 0 Å². The monoisotopic (exact) mass is 434 g/mol. The molecule has 4 aromatic rings. The lowest BCUT2D eigenvalue weighted by Crippen LogP contribution is -2.39. The van der Waals surface area contributed by atoms with Crippen LogP contribution in [0.5, 0.6) is 11.5 Å².